The summed E-state index contributed by atoms with van der Waals surface area (Å²) < 4.78 is 27.8. The number of halogens is 1. The van der Waals surface area contributed by atoms with Gasteiger partial charge in [-0.2, -0.15) is 4.31 Å². The first-order chi connectivity index (χ1) is 11.0. The summed E-state index contributed by atoms with van der Waals surface area (Å²) in [6.07, 6.45) is 2.98. The molecule has 2 N–H and O–H groups in total. The molecular formula is C15H16ClN3O3S. The molecular weight excluding hydrogens is 338 g/mol. The van der Waals surface area contributed by atoms with Crippen LogP contribution in [0.3, 0.4) is 0 Å². The number of aromatic nitrogens is 2. The molecule has 6 nitrogen and oxygen atoms in total. The largest absolute Gasteiger partial charge is 0.492 e. The van der Waals surface area contributed by atoms with Crippen LogP contribution >= 0.6 is 11.6 Å². The lowest BCUT2D eigenvalue weighted by atomic mass is 9.85. The molecule has 122 valence electrons. The van der Waals surface area contributed by atoms with E-state index in [1.807, 2.05) is 0 Å². The van der Waals surface area contributed by atoms with Crippen LogP contribution in [-0.4, -0.2) is 34.1 Å². The summed E-state index contributed by atoms with van der Waals surface area (Å²) in [6.45, 7) is 0. The quantitative estimate of drug-likeness (QED) is 0.868. The van der Waals surface area contributed by atoms with Gasteiger partial charge in [0.2, 0.25) is 15.9 Å². The van der Waals surface area contributed by atoms with Crippen molar-refractivity contribution in [3.8, 4) is 5.88 Å². The second kappa shape index (κ2) is 5.22. The van der Waals surface area contributed by atoms with Crippen molar-refractivity contribution in [3.05, 3.63) is 40.5 Å². The van der Waals surface area contributed by atoms with E-state index in [9.17, 15) is 13.5 Å². The fourth-order valence-corrected chi connectivity index (χ4v) is 5.70. The van der Waals surface area contributed by atoms with Crippen LogP contribution in [0.2, 0.25) is 5.02 Å². The van der Waals surface area contributed by atoms with Crippen LogP contribution in [0.15, 0.2) is 29.2 Å². The molecule has 3 heterocycles. The number of benzene rings is 1. The van der Waals surface area contributed by atoms with Gasteiger partial charge in [0.1, 0.15) is 0 Å². The minimum Gasteiger partial charge on any atom is -0.492 e. The van der Waals surface area contributed by atoms with E-state index in [0.717, 1.165) is 18.5 Å². The van der Waals surface area contributed by atoms with Crippen molar-refractivity contribution < 1.29 is 13.5 Å². The summed E-state index contributed by atoms with van der Waals surface area (Å²) >= 11 is 5.86. The zero-order valence-corrected chi connectivity index (χ0v) is 13.8. The topological polar surface area (TPSA) is 86.3 Å². The Morgan fingerprint density at radius 1 is 1.26 bits per heavy atom. The van der Waals surface area contributed by atoms with E-state index in [4.69, 9.17) is 11.6 Å². The van der Waals surface area contributed by atoms with Crippen molar-refractivity contribution in [2.24, 2.45) is 0 Å². The van der Waals surface area contributed by atoms with Gasteiger partial charge >= 0.3 is 0 Å². The molecule has 0 radical (unpaired) electrons. The summed E-state index contributed by atoms with van der Waals surface area (Å²) in [5, 5.41) is 17.2. The lowest BCUT2D eigenvalue weighted by Gasteiger charge is -2.44. The van der Waals surface area contributed by atoms with Gasteiger partial charge in [-0.1, -0.05) is 11.6 Å². The molecule has 23 heavy (non-hydrogen) atoms. The van der Waals surface area contributed by atoms with E-state index < -0.39 is 10.0 Å². The Hall–Kier alpha value is -1.57. The molecule has 2 unspecified atom stereocenters. The van der Waals surface area contributed by atoms with Gasteiger partial charge in [-0.25, -0.2) is 8.42 Å². The zero-order chi connectivity index (χ0) is 16.2. The number of rotatable bonds is 2. The highest BCUT2D eigenvalue weighted by Crippen LogP contribution is 2.46. The average molecular weight is 354 g/mol. The number of nitrogens with zero attached hydrogens (tertiary/aromatic N) is 2. The van der Waals surface area contributed by atoms with E-state index in [-0.39, 0.29) is 22.9 Å². The number of hydrogen-bond donors (Lipinski definition) is 2. The van der Waals surface area contributed by atoms with Gasteiger partial charge in [0, 0.05) is 23.2 Å². The molecule has 4 rings (SSSR count). The summed E-state index contributed by atoms with van der Waals surface area (Å²) in [5.74, 6) is -0.0957. The van der Waals surface area contributed by atoms with E-state index >= 15 is 0 Å². The molecule has 0 amide bonds. The Balaban J connectivity index is 1.82. The van der Waals surface area contributed by atoms with E-state index in [0.29, 0.717) is 23.4 Å². The first kappa shape index (κ1) is 15.0. The molecule has 2 aliphatic rings. The van der Waals surface area contributed by atoms with Crippen LogP contribution in [-0.2, 0) is 16.4 Å². The second-order valence-electron chi connectivity index (χ2n) is 6.03. The van der Waals surface area contributed by atoms with Crippen molar-refractivity contribution in [1.82, 2.24) is 14.5 Å². The predicted octanol–water partition coefficient (Wildman–Crippen LogP) is 2.61. The Bertz CT molecular complexity index is 847. The number of nitrogens with one attached hydrogen (secondary N) is 1. The first-order valence-corrected chi connectivity index (χ1v) is 9.35. The van der Waals surface area contributed by atoms with Crippen molar-refractivity contribution in [1.29, 1.82) is 0 Å². The molecule has 1 aromatic heterocycles. The normalized spacial score (nSPS) is 24.4. The van der Waals surface area contributed by atoms with Crippen LogP contribution in [0.25, 0.3) is 0 Å². The summed E-state index contributed by atoms with van der Waals surface area (Å²) in [6, 6.07) is 5.74. The molecule has 1 fully saturated rings. The maximum Gasteiger partial charge on any atom is 0.243 e. The number of sulfonamides is 1. The highest BCUT2D eigenvalue weighted by molar-refractivity contribution is 7.89. The average Bonchev–Trinajstić information content (AvgIpc) is 2.88. The zero-order valence-electron chi connectivity index (χ0n) is 12.2. The number of aromatic amines is 1. The minimum atomic E-state index is -3.65. The van der Waals surface area contributed by atoms with E-state index in [1.54, 1.807) is 16.4 Å². The van der Waals surface area contributed by atoms with Crippen molar-refractivity contribution in [2.75, 3.05) is 0 Å². The minimum absolute atomic E-state index is 0.0957. The maximum absolute atomic E-state index is 13.1. The van der Waals surface area contributed by atoms with E-state index in [1.165, 1.54) is 12.1 Å². The monoisotopic (exact) mass is 353 g/mol. The number of piperidine rings is 1. The number of hydrogen-bond acceptors (Lipinski definition) is 4. The molecule has 1 saturated heterocycles. The molecule has 2 aliphatic heterocycles. The highest BCUT2D eigenvalue weighted by atomic mass is 35.5. The van der Waals surface area contributed by atoms with Gasteiger partial charge in [0.05, 0.1) is 16.5 Å². The summed E-state index contributed by atoms with van der Waals surface area (Å²) in [4.78, 5) is 0.227. The Labute approximate surface area is 139 Å². The molecule has 1 aromatic carbocycles. The number of aromatic hydroxyl groups is 1. The van der Waals surface area contributed by atoms with Crippen LogP contribution in [0.1, 0.15) is 36.6 Å². The number of fused-ring (bicyclic) bond motifs is 4. The molecule has 8 heteroatoms. The predicted molar refractivity (Wildman–Crippen MR) is 84.8 cm³/mol. The molecule has 0 saturated carbocycles. The van der Waals surface area contributed by atoms with Gasteiger partial charge < -0.3 is 5.11 Å². The second-order valence-corrected chi connectivity index (χ2v) is 8.31. The fraction of sp³-hybridized carbons (Fsp3) is 0.400. The van der Waals surface area contributed by atoms with Crippen molar-refractivity contribution in [2.45, 2.75) is 42.7 Å². The lowest BCUT2D eigenvalue weighted by molar-refractivity contribution is 0.160. The van der Waals surface area contributed by atoms with Crippen LogP contribution in [0.4, 0.5) is 0 Å². The molecule has 2 bridgehead atoms. The fourth-order valence-electron chi connectivity index (χ4n) is 3.73. The first-order valence-electron chi connectivity index (χ1n) is 7.53. The van der Waals surface area contributed by atoms with Crippen molar-refractivity contribution in [3.63, 3.8) is 0 Å². The third kappa shape index (κ3) is 2.26. The van der Waals surface area contributed by atoms with Crippen molar-refractivity contribution >= 4 is 21.6 Å². The Morgan fingerprint density at radius 2 is 2.00 bits per heavy atom. The molecule has 2 atom stereocenters. The Morgan fingerprint density at radius 3 is 2.74 bits per heavy atom. The number of H-pyrrole nitrogens is 1. The maximum atomic E-state index is 13.1. The lowest BCUT2D eigenvalue weighted by Crippen LogP contribution is -2.49. The smallest absolute Gasteiger partial charge is 0.243 e. The van der Waals surface area contributed by atoms with Crippen LogP contribution < -0.4 is 0 Å². The SMILES string of the molecule is O=S(=O)(c1ccc(Cl)cc1)N1C2CCCC1c1c(O)n[nH]c1C2. The van der Waals surface area contributed by atoms with Gasteiger partial charge in [-0.3, -0.25) is 5.10 Å². The highest BCUT2D eigenvalue weighted by Gasteiger charge is 2.46. The van der Waals surface area contributed by atoms with Crippen LogP contribution in [0.5, 0.6) is 5.88 Å². The standard InChI is InChI=1S/C15H16ClN3O3S/c16-9-4-6-11(7-5-9)23(21,22)19-10-2-1-3-13(19)14-12(8-10)17-18-15(14)20/h4-7,10,13H,1-3,8H2,(H2,17,18,20). The third-order valence-corrected chi connectivity index (χ3v) is 6.93. The van der Waals surface area contributed by atoms with E-state index in [2.05, 4.69) is 10.2 Å². The molecule has 0 spiro atoms. The summed E-state index contributed by atoms with van der Waals surface area (Å²) in [7, 11) is -3.65. The van der Waals surface area contributed by atoms with Gasteiger partial charge in [-0.05, 0) is 43.5 Å². The molecule has 0 aliphatic carbocycles. The third-order valence-electron chi connectivity index (χ3n) is 4.71. The van der Waals surface area contributed by atoms with Crippen LogP contribution in [0, 0.1) is 0 Å². The Kier molecular flexibility index (Phi) is 3.40. The van der Waals surface area contributed by atoms with Gasteiger partial charge in [0.25, 0.3) is 0 Å². The van der Waals surface area contributed by atoms with Gasteiger partial charge in [-0.15, -0.1) is 5.10 Å². The molecule has 2 aromatic rings. The van der Waals surface area contributed by atoms with Gasteiger partial charge in [0.15, 0.2) is 0 Å². The summed E-state index contributed by atoms with van der Waals surface area (Å²) in [5.41, 5.74) is 1.47.